The fourth-order valence-electron chi connectivity index (χ4n) is 2.01. The van der Waals surface area contributed by atoms with Crippen LogP contribution >= 0.6 is 11.3 Å². The van der Waals surface area contributed by atoms with E-state index in [1.165, 1.54) is 23.8 Å². The number of nitrogens with one attached hydrogen (secondary N) is 1. The molecule has 0 bridgehead atoms. The van der Waals surface area contributed by atoms with Crippen molar-refractivity contribution < 1.29 is 9.59 Å². The molecule has 2 aromatic rings. The number of rotatable bonds is 3. The maximum Gasteiger partial charge on any atom is 0.221 e. The summed E-state index contributed by atoms with van der Waals surface area (Å²) in [4.78, 5) is 23.5. The van der Waals surface area contributed by atoms with Crippen LogP contribution in [0.25, 0.3) is 11.1 Å². The summed E-state index contributed by atoms with van der Waals surface area (Å²) in [6.45, 7) is 5.42. The van der Waals surface area contributed by atoms with Crippen molar-refractivity contribution in [1.29, 1.82) is 0 Å². The van der Waals surface area contributed by atoms with Gasteiger partial charge in [-0.2, -0.15) is 0 Å². The van der Waals surface area contributed by atoms with Crippen molar-refractivity contribution in [3.05, 3.63) is 40.3 Å². The monoisotopic (exact) mass is 273 g/mol. The molecule has 0 saturated carbocycles. The van der Waals surface area contributed by atoms with Crippen LogP contribution in [0.1, 0.15) is 27.7 Å². The van der Waals surface area contributed by atoms with E-state index in [2.05, 4.69) is 5.32 Å². The molecule has 0 aliphatic carbocycles. The first-order valence-corrected chi connectivity index (χ1v) is 6.77. The van der Waals surface area contributed by atoms with E-state index < -0.39 is 0 Å². The Morgan fingerprint density at radius 2 is 1.84 bits per heavy atom. The Morgan fingerprint density at radius 3 is 2.37 bits per heavy atom. The third kappa shape index (κ3) is 2.74. The lowest BCUT2D eigenvalue weighted by Crippen LogP contribution is -2.05. The van der Waals surface area contributed by atoms with Gasteiger partial charge in [0.25, 0.3) is 0 Å². The van der Waals surface area contributed by atoms with Crippen molar-refractivity contribution in [3.8, 4) is 11.1 Å². The molecule has 0 radical (unpaired) electrons. The number of thiophene rings is 1. The highest BCUT2D eigenvalue weighted by Gasteiger charge is 2.17. The van der Waals surface area contributed by atoms with Gasteiger partial charge in [-0.05, 0) is 19.4 Å². The van der Waals surface area contributed by atoms with Gasteiger partial charge in [0.05, 0.1) is 5.56 Å². The molecule has 98 valence electrons. The molecule has 0 unspecified atom stereocenters. The highest BCUT2D eigenvalue weighted by molar-refractivity contribution is 7.17. The molecule has 0 aliphatic rings. The minimum Gasteiger partial charge on any atom is -0.317 e. The molecule has 1 N–H and O–H groups in total. The highest BCUT2D eigenvalue weighted by Crippen LogP contribution is 2.38. The number of benzene rings is 1. The summed E-state index contributed by atoms with van der Waals surface area (Å²) in [5.74, 6) is -0.167. The Bertz CT molecular complexity index is 626. The van der Waals surface area contributed by atoms with Gasteiger partial charge in [0.2, 0.25) is 5.91 Å². The van der Waals surface area contributed by atoms with Crippen LogP contribution in [-0.2, 0) is 4.79 Å². The molecule has 4 heteroatoms. The van der Waals surface area contributed by atoms with Crippen LogP contribution in [-0.4, -0.2) is 12.2 Å². The molecule has 0 fully saturated rings. The fourth-order valence-corrected chi connectivity index (χ4v) is 3.10. The summed E-state index contributed by atoms with van der Waals surface area (Å²) in [5.41, 5.74) is 3.63. The van der Waals surface area contributed by atoms with Crippen LogP contribution in [0, 0.1) is 13.8 Å². The van der Waals surface area contributed by atoms with Gasteiger partial charge in [-0.1, -0.05) is 29.8 Å². The Balaban J connectivity index is 2.56. The second-order valence-electron chi connectivity index (χ2n) is 4.44. The second-order valence-corrected chi connectivity index (χ2v) is 5.67. The summed E-state index contributed by atoms with van der Waals surface area (Å²) in [7, 11) is 0. The topological polar surface area (TPSA) is 46.2 Å². The molecule has 3 nitrogen and oxygen atoms in total. The lowest BCUT2D eigenvalue weighted by molar-refractivity contribution is -0.114. The number of hydrogen-bond donors (Lipinski definition) is 1. The quantitative estimate of drug-likeness (QED) is 0.864. The molecule has 1 aromatic carbocycles. The van der Waals surface area contributed by atoms with E-state index in [0.717, 1.165) is 22.3 Å². The van der Waals surface area contributed by atoms with E-state index in [1.54, 1.807) is 0 Å². The van der Waals surface area contributed by atoms with Crippen LogP contribution < -0.4 is 5.32 Å². The van der Waals surface area contributed by atoms with E-state index >= 15 is 0 Å². The Labute approximate surface area is 116 Å². The van der Waals surface area contributed by atoms with Gasteiger partial charge in [-0.3, -0.25) is 9.59 Å². The van der Waals surface area contributed by atoms with Gasteiger partial charge >= 0.3 is 0 Å². The zero-order chi connectivity index (χ0) is 14.0. The zero-order valence-electron chi connectivity index (χ0n) is 11.1. The van der Waals surface area contributed by atoms with Crippen LogP contribution in [0.2, 0.25) is 0 Å². The van der Waals surface area contributed by atoms with Gasteiger partial charge in [-0.25, -0.2) is 0 Å². The van der Waals surface area contributed by atoms with Crippen molar-refractivity contribution in [2.24, 2.45) is 0 Å². The fraction of sp³-hybridized carbons (Fsp3) is 0.200. The number of amides is 1. The SMILES string of the molecule is CC(=O)Nc1sc(C)c(-c2ccc(C)cc2)c1C=O. The highest BCUT2D eigenvalue weighted by atomic mass is 32.1. The first kappa shape index (κ1) is 13.5. The van der Waals surface area contributed by atoms with Gasteiger partial charge < -0.3 is 5.32 Å². The molecule has 0 aliphatic heterocycles. The van der Waals surface area contributed by atoms with Crippen LogP contribution in [0.15, 0.2) is 24.3 Å². The number of carbonyl (C=O) groups is 2. The van der Waals surface area contributed by atoms with Crippen LogP contribution in [0.5, 0.6) is 0 Å². The predicted octanol–water partition coefficient (Wildman–Crippen LogP) is 3.80. The minimum atomic E-state index is -0.167. The number of aryl methyl sites for hydroxylation is 2. The zero-order valence-corrected chi connectivity index (χ0v) is 11.9. The number of carbonyl (C=O) groups excluding carboxylic acids is 2. The molecule has 0 saturated heterocycles. The van der Waals surface area contributed by atoms with Crippen molar-refractivity contribution in [2.45, 2.75) is 20.8 Å². The maximum atomic E-state index is 11.3. The average molecular weight is 273 g/mol. The van der Waals surface area contributed by atoms with Crippen LogP contribution in [0.4, 0.5) is 5.00 Å². The average Bonchev–Trinajstić information content (AvgIpc) is 2.65. The minimum absolute atomic E-state index is 0.167. The molecule has 1 aromatic heterocycles. The lowest BCUT2D eigenvalue weighted by Gasteiger charge is -2.04. The second kappa shape index (κ2) is 5.36. The smallest absolute Gasteiger partial charge is 0.221 e. The molecular weight excluding hydrogens is 258 g/mol. The van der Waals surface area contributed by atoms with Crippen molar-refractivity contribution in [2.75, 3.05) is 5.32 Å². The van der Waals surface area contributed by atoms with Gasteiger partial charge in [0, 0.05) is 17.4 Å². The van der Waals surface area contributed by atoms with Crippen molar-refractivity contribution >= 4 is 28.5 Å². The van der Waals surface area contributed by atoms with E-state index in [-0.39, 0.29) is 5.91 Å². The first-order chi connectivity index (χ1) is 9.02. The summed E-state index contributed by atoms with van der Waals surface area (Å²) in [5, 5.41) is 3.34. The Morgan fingerprint density at radius 1 is 1.21 bits per heavy atom. The van der Waals surface area contributed by atoms with Crippen molar-refractivity contribution in [3.63, 3.8) is 0 Å². The number of anilines is 1. The van der Waals surface area contributed by atoms with Gasteiger partial charge in [0.1, 0.15) is 5.00 Å². The summed E-state index contributed by atoms with van der Waals surface area (Å²) in [6.07, 6.45) is 0.809. The van der Waals surface area contributed by atoms with E-state index in [1.807, 2.05) is 38.1 Å². The predicted molar refractivity (Wildman–Crippen MR) is 78.9 cm³/mol. The molecule has 0 atom stereocenters. The molecule has 1 amide bonds. The Hall–Kier alpha value is -1.94. The standard InChI is InChI=1S/C15H15NO2S/c1-9-4-6-12(7-5-9)14-10(2)19-15(13(14)8-17)16-11(3)18/h4-8H,1-3H3,(H,16,18). The summed E-state index contributed by atoms with van der Waals surface area (Å²) < 4.78 is 0. The van der Waals surface area contributed by atoms with Gasteiger partial charge in [-0.15, -0.1) is 11.3 Å². The number of aldehydes is 1. The lowest BCUT2D eigenvalue weighted by atomic mass is 10.0. The third-order valence-corrected chi connectivity index (χ3v) is 3.91. The Kier molecular flexibility index (Phi) is 3.81. The van der Waals surface area contributed by atoms with E-state index in [4.69, 9.17) is 0 Å². The van der Waals surface area contributed by atoms with Crippen LogP contribution in [0.3, 0.4) is 0 Å². The normalized spacial score (nSPS) is 10.3. The molecule has 1 heterocycles. The van der Waals surface area contributed by atoms with E-state index in [9.17, 15) is 9.59 Å². The number of hydrogen-bond acceptors (Lipinski definition) is 3. The molecule has 19 heavy (non-hydrogen) atoms. The molecule has 0 spiro atoms. The maximum absolute atomic E-state index is 11.3. The molecule has 2 rings (SSSR count). The van der Waals surface area contributed by atoms with Crippen molar-refractivity contribution in [1.82, 2.24) is 0 Å². The summed E-state index contributed by atoms with van der Waals surface area (Å²) >= 11 is 1.43. The largest absolute Gasteiger partial charge is 0.317 e. The van der Waals surface area contributed by atoms with Gasteiger partial charge in [0.15, 0.2) is 6.29 Å². The third-order valence-electron chi connectivity index (χ3n) is 2.87. The summed E-state index contributed by atoms with van der Waals surface area (Å²) in [6, 6.07) is 8.02. The molecular formula is C15H15NO2S. The first-order valence-electron chi connectivity index (χ1n) is 5.96. The van der Waals surface area contributed by atoms with E-state index in [0.29, 0.717) is 10.6 Å².